The Labute approximate surface area is 175 Å². The molecule has 0 bridgehead atoms. The lowest BCUT2D eigenvalue weighted by atomic mass is 9.95. The van der Waals surface area contributed by atoms with Crippen molar-refractivity contribution in [2.75, 3.05) is 13.3 Å². The fraction of sp³-hybridized carbons (Fsp3) is 0.400. The highest BCUT2D eigenvalue weighted by Crippen LogP contribution is 2.30. The number of hydroxylamine groups is 1. The van der Waals surface area contributed by atoms with Crippen LogP contribution in [0.3, 0.4) is 0 Å². The zero-order valence-electron chi connectivity index (χ0n) is 16.9. The highest BCUT2D eigenvalue weighted by Gasteiger charge is 2.47. The molecule has 162 valence electrons. The van der Waals surface area contributed by atoms with Crippen molar-refractivity contribution in [2.45, 2.75) is 36.8 Å². The van der Waals surface area contributed by atoms with Crippen LogP contribution in [-0.4, -0.2) is 65.6 Å². The summed E-state index contributed by atoms with van der Waals surface area (Å²) in [7, 11) is -2.02. The number of oxime groups is 1. The number of likely N-dealkylation sites (N-methyl/N-ethyl adjacent to an activating group) is 1. The molecule has 2 aliphatic heterocycles. The lowest BCUT2D eigenvalue weighted by molar-refractivity contribution is -0.132. The van der Waals surface area contributed by atoms with Gasteiger partial charge in [-0.05, 0) is 29.7 Å². The number of aliphatic hydroxyl groups excluding tert-OH is 1. The molecule has 2 aliphatic rings. The van der Waals surface area contributed by atoms with Crippen LogP contribution < -0.4 is 5.48 Å². The number of hydrogen-bond acceptors (Lipinski definition) is 8. The van der Waals surface area contributed by atoms with E-state index < -0.39 is 32.8 Å². The quantitative estimate of drug-likeness (QED) is 0.450. The van der Waals surface area contributed by atoms with Crippen molar-refractivity contribution in [3.05, 3.63) is 53.7 Å². The summed E-state index contributed by atoms with van der Waals surface area (Å²) in [5.41, 5.74) is 4.82. The van der Waals surface area contributed by atoms with E-state index >= 15 is 0 Å². The number of hydrogen-bond donors (Lipinski definition) is 3. The predicted molar refractivity (Wildman–Crippen MR) is 111 cm³/mol. The summed E-state index contributed by atoms with van der Waals surface area (Å²) >= 11 is 0. The van der Waals surface area contributed by atoms with Gasteiger partial charge in [0.2, 0.25) is 0 Å². The summed E-state index contributed by atoms with van der Waals surface area (Å²) in [6.45, 7) is 1.25. The second kappa shape index (κ2) is 8.21. The van der Waals surface area contributed by atoms with E-state index in [1.165, 1.54) is 12.4 Å². The topological polar surface area (TPSA) is 129 Å². The van der Waals surface area contributed by atoms with Crippen LogP contribution in [0.2, 0.25) is 0 Å². The number of carbonyl (C=O) groups excluding carboxylic acids is 1. The number of sulfone groups is 1. The molecule has 0 spiro atoms. The van der Waals surface area contributed by atoms with Crippen molar-refractivity contribution in [1.29, 1.82) is 0 Å². The van der Waals surface area contributed by atoms with Gasteiger partial charge in [-0.3, -0.25) is 10.0 Å². The molecule has 0 aliphatic carbocycles. The number of allylic oxidation sites excluding steroid dienone is 2. The fourth-order valence-electron chi connectivity index (χ4n) is 3.36. The third-order valence-corrected chi connectivity index (χ3v) is 7.50. The van der Waals surface area contributed by atoms with E-state index in [-0.39, 0.29) is 6.42 Å². The molecule has 1 aromatic carbocycles. The number of aliphatic hydroxyl groups is 1. The fourth-order valence-corrected chi connectivity index (χ4v) is 4.23. The standard InChI is InChI=1S/C20H25N3O6S/c1-20(19(25)21-26,30(3,27)28)11-16-10-17(22-29-16)14-6-4-13(5-7-14)15-8-9-18(24)23(2)12-15/h4-9,12,16,18,24,26H,10-11H2,1-3H3,(H,21,25)/t16-,18?,20-/m1/s1. The molecule has 0 saturated heterocycles. The Balaban J connectivity index is 1.70. The average Bonchev–Trinajstić information content (AvgIpc) is 3.17. The van der Waals surface area contributed by atoms with E-state index in [0.29, 0.717) is 12.1 Å². The van der Waals surface area contributed by atoms with Gasteiger partial charge in [-0.25, -0.2) is 13.9 Å². The van der Waals surface area contributed by atoms with Gasteiger partial charge in [-0.15, -0.1) is 0 Å². The van der Waals surface area contributed by atoms with Crippen molar-refractivity contribution in [3.8, 4) is 0 Å². The minimum absolute atomic E-state index is 0.143. The van der Waals surface area contributed by atoms with E-state index in [9.17, 15) is 18.3 Å². The van der Waals surface area contributed by atoms with Crippen LogP contribution >= 0.6 is 0 Å². The Morgan fingerprint density at radius 1 is 1.33 bits per heavy atom. The molecule has 1 amide bonds. The smallest absolute Gasteiger partial charge is 0.264 e. The number of amides is 1. The molecule has 3 rings (SSSR count). The molecule has 0 saturated carbocycles. The molecule has 1 unspecified atom stereocenters. The van der Waals surface area contributed by atoms with Crippen LogP contribution in [0.1, 0.15) is 30.9 Å². The van der Waals surface area contributed by atoms with Crippen molar-refractivity contribution in [2.24, 2.45) is 5.16 Å². The first kappa shape index (κ1) is 22.0. The summed E-state index contributed by atoms with van der Waals surface area (Å²) in [5, 5.41) is 22.7. The summed E-state index contributed by atoms with van der Waals surface area (Å²) < 4.78 is 22.4. The van der Waals surface area contributed by atoms with Crippen molar-refractivity contribution in [3.63, 3.8) is 0 Å². The predicted octanol–water partition coefficient (Wildman–Crippen LogP) is 1.04. The third-order valence-electron chi connectivity index (χ3n) is 5.51. The largest absolute Gasteiger partial charge is 0.392 e. The van der Waals surface area contributed by atoms with Crippen LogP contribution in [0.25, 0.3) is 5.57 Å². The Hall–Kier alpha value is -2.69. The molecule has 2 heterocycles. The van der Waals surface area contributed by atoms with Crippen LogP contribution in [0.15, 0.2) is 47.8 Å². The molecule has 30 heavy (non-hydrogen) atoms. The van der Waals surface area contributed by atoms with E-state index in [1.807, 2.05) is 36.5 Å². The van der Waals surface area contributed by atoms with Crippen LogP contribution in [0, 0.1) is 0 Å². The first-order valence-electron chi connectivity index (χ1n) is 9.33. The normalized spacial score (nSPS) is 23.3. The number of carbonyl (C=O) groups is 1. The van der Waals surface area contributed by atoms with Gasteiger partial charge in [-0.1, -0.05) is 35.5 Å². The van der Waals surface area contributed by atoms with E-state index in [1.54, 1.807) is 18.0 Å². The average molecular weight is 436 g/mol. The van der Waals surface area contributed by atoms with Crippen molar-refractivity contribution < 1.29 is 28.4 Å². The molecule has 1 aromatic rings. The van der Waals surface area contributed by atoms with Gasteiger partial charge in [0, 0.05) is 32.3 Å². The van der Waals surface area contributed by atoms with Crippen molar-refractivity contribution in [1.82, 2.24) is 10.4 Å². The van der Waals surface area contributed by atoms with Gasteiger partial charge >= 0.3 is 0 Å². The highest BCUT2D eigenvalue weighted by molar-refractivity contribution is 7.92. The molecule has 0 fully saturated rings. The van der Waals surface area contributed by atoms with Gasteiger partial charge < -0.3 is 14.8 Å². The Kier molecular flexibility index (Phi) is 6.02. The van der Waals surface area contributed by atoms with Crippen LogP contribution in [0.5, 0.6) is 0 Å². The van der Waals surface area contributed by atoms with Gasteiger partial charge in [0.05, 0.1) is 5.71 Å². The minimum Gasteiger partial charge on any atom is -0.392 e. The number of nitrogens with zero attached hydrogens (tertiary/aromatic N) is 2. The molecule has 3 N–H and O–H groups in total. The molecule has 10 heteroatoms. The maximum absolute atomic E-state index is 12.1. The Morgan fingerprint density at radius 2 is 1.97 bits per heavy atom. The Bertz CT molecular complexity index is 1020. The number of nitrogens with one attached hydrogen (secondary N) is 1. The zero-order chi connectivity index (χ0) is 22.1. The zero-order valence-corrected chi connectivity index (χ0v) is 17.8. The molecular weight excluding hydrogens is 410 g/mol. The number of benzene rings is 1. The maximum atomic E-state index is 12.1. The molecule has 9 nitrogen and oxygen atoms in total. The van der Waals surface area contributed by atoms with E-state index in [4.69, 9.17) is 10.0 Å². The SMILES string of the molecule is CN1C=C(c2ccc(C3=NO[C@@H](C[C@](C)(C(=O)NO)S(C)(=O)=O)C3)cc2)C=CC1O. The summed E-state index contributed by atoms with van der Waals surface area (Å²) in [5.74, 6) is -1.00. The minimum atomic E-state index is -3.81. The van der Waals surface area contributed by atoms with Gasteiger partial charge in [0.15, 0.2) is 14.6 Å². The van der Waals surface area contributed by atoms with Gasteiger partial charge in [-0.2, -0.15) is 0 Å². The second-order valence-corrected chi connectivity index (χ2v) is 10.2. The molecule has 0 radical (unpaired) electrons. The second-order valence-electron chi connectivity index (χ2n) is 7.72. The monoisotopic (exact) mass is 435 g/mol. The molecular formula is C20H25N3O6S. The third kappa shape index (κ3) is 4.25. The summed E-state index contributed by atoms with van der Waals surface area (Å²) in [4.78, 5) is 19.1. The highest BCUT2D eigenvalue weighted by atomic mass is 32.2. The van der Waals surface area contributed by atoms with Crippen LogP contribution in [-0.2, 0) is 19.5 Å². The first-order chi connectivity index (χ1) is 14.0. The number of rotatable bonds is 6. The van der Waals surface area contributed by atoms with E-state index in [2.05, 4.69) is 5.16 Å². The lowest BCUT2D eigenvalue weighted by Gasteiger charge is -2.26. The van der Waals surface area contributed by atoms with Crippen LogP contribution in [0.4, 0.5) is 0 Å². The van der Waals surface area contributed by atoms with Crippen molar-refractivity contribution >= 4 is 27.0 Å². The van der Waals surface area contributed by atoms with Gasteiger partial charge in [0.25, 0.3) is 5.91 Å². The Morgan fingerprint density at radius 3 is 2.53 bits per heavy atom. The molecule has 3 atom stereocenters. The summed E-state index contributed by atoms with van der Waals surface area (Å²) in [6.07, 6.45) is 5.29. The first-order valence-corrected chi connectivity index (χ1v) is 11.2. The lowest BCUT2D eigenvalue weighted by Crippen LogP contribution is -2.51. The maximum Gasteiger partial charge on any atom is 0.264 e. The van der Waals surface area contributed by atoms with Gasteiger partial charge in [0.1, 0.15) is 12.3 Å². The molecule has 0 aromatic heterocycles. The summed E-state index contributed by atoms with van der Waals surface area (Å²) in [6, 6.07) is 7.62. The van der Waals surface area contributed by atoms with E-state index in [0.717, 1.165) is 23.0 Å².